The van der Waals surface area contributed by atoms with E-state index >= 15 is 0 Å². The number of hydrogen-bond acceptors (Lipinski definition) is 2. The molecule has 1 aliphatic carbocycles. The van der Waals surface area contributed by atoms with Crippen LogP contribution in [-0.4, -0.2) is 11.6 Å². The van der Waals surface area contributed by atoms with Gasteiger partial charge in [0.1, 0.15) is 5.60 Å². The molecule has 0 saturated heterocycles. The van der Waals surface area contributed by atoms with Crippen LogP contribution >= 0.6 is 0 Å². The van der Waals surface area contributed by atoms with Crippen molar-refractivity contribution in [3.05, 3.63) is 47.5 Å². The summed E-state index contributed by atoms with van der Waals surface area (Å²) in [5, 5.41) is 0. The molecular formula is C19H26O2. The number of carbonyl (C=O) groups excluding carboxylic acids is 1. The molecule has 2 heteroatoms. The van der Waals surface area contributed by atoms with E-state index in [9.17, 15) is 4.79 Å². The van der Waals surface area contributed by atoms with Crippen LogP contribution in [0.1, 0.15) is 52.0 Å². The molecule has 2 nitrogen and oxygen atoms in total. The van der Waals surface area contributed by atoms with Gasteiger partial charge in [-0.1, -0.05) is 42.0 Å². The highest BCUT2D eigenvalue weighted by Gasteiger charge is 2.24. The van der Waals surface area contributed by atoms with E-state index in [2.05, 4.69) is 30.3 Å². The predicted octanol–water partition coefficient (Wildman–Crippen LogP) is 4.69. The van der Waals surface area contributed by atoms with Gasteiger partial charge in [-0.25, -0.2) is 0 Å². The van der Waals surface area contributed by atoms with Crippen molar-refractivity contribution < 1.29 is 9.53 Å². The molecule has 0 fully saturated rings. The first kappa shape index (κ1) is 15.8. The van der Waals surface area contributed by atoms with Crippen LogP contribution in [0.4, 0.5) is 0 Å². The van der Waals surface area contributed by atoms with Gasteiger partial charge in [-0.2, -0.15) is 0 Å². The van der Waals surface area contributed by atoms with Crippen LogP contribution in [0.3, 0.4) is 0 Å². The maximum Gasteiger partial charge on any atom is 0.310 e. The highest BCUT2D eigenvalue weighted by atomic mass is 16.6. The summed E-state index contributed by atoms with van der Waals surface area (Å²) in [6.07, 6.45) is 7.16. The van der Waals surface area contributed by atoms with Crippen molar-refractivity contribution in [1.29, 1.82) is 0 Å². The van der Waals surface area contributed by atoms with Gasteiger partial charge >= 0.3 is 5.97 Å². The summed E-state index contributed by atoms with van der Waals surface area (Å²) in [6, 6.07) is 10.6. The molecule has 0 aromatic heterocycles. The Bertz CT molecular complexity index is 494. The second kappa shape index (κ2) is 6.93. The molecule has 0 amide bonds. The van der Waals surface area contributed by atoms with Crippen LogP contribution in [0.2, 0.25) is 0 Å². The fraction of sp³-hybridized carbons (Fsp3) is 0.526. The molecule has 0 spiro atoms. The third-order valence-corrected chi connectivity index (χ3v) is 3.84. The molecular weight excluding hydrogens is 260 g/mol. The first-order chi connectivity index (χ1) is 9.94. The van der Waals surface area contributed by atoms with Crippen LogP contribution in [-0.2, 0) is 16.0 Å². The summed E-state index contributed by atoms with van der Waals surface area (Å²) in [5.41, 5.74) is 2.26. The van der Waals surface area contributed by atoms with Crippen molar-refractivity contribution >= 4 is 5.97 Å². The number of rotatable bonds is 5. The first-order valence-corrected chi connectivity index (χ1v) is 7.89. The van der Waals surface area contributed by atoms with Gasteiger partial charge in [0, 0.05) is 0 Å². The number of carbonyl (C=O) groups is 1. The van der Waals surface area contributed by atoms with Gasteiger partial charge in [0.05, 0.1) is 6.42 Å². The Morgan fingerprint density at radius 1 is 1.24 bits per heavy atom. The van der Waals surface area contributed by atoms with Crippen LogP contribution in [0.15, 0.2) is 42.0 Å². The monoisotopic (exact) mass is 286 g/mol. The standard InChI is InChI=1S/C19H26O2/c1-19(2,3)21-18(20)14-17-11-7-10-16(17)13-12-15-8-5-4-6-9-15/h4-6,8-9,11,16H,7,10,12-14H2,1-3H3. The zero-order valence-electron chi connectivity index (χ0n) is 13.4. The highest BCUT2D eigenvalue weighted by molar-refractivity contribution is 5.73. The third-order valence-electron chi connectivity index (χ3n) is 3.84. The Balaban J connectivity index is 1.84. The van der Waals surface area contributed by atoms with E-state index < -0.39 is 5.60 Å². The van der Waals surface area contributed by atoms with Crippen LogP contribution < -0.4 is 0 Å². The molecule has 21 heavy (non-hydrogen) atoms. The Morgan fingerprint density at radius 3 is 2.62 bits per heavy atom. The summed E-state index contributed by atoms with van der Waals surface area (Å²) >= 11 is 0. The second-order valence-corrected chi connectivity index (χ2v) is 6.84. The van der Waals surface area contributed by atoms with Gasteiger partial charge in [0.15, 0.2) is 0 Å². The Morgan fingerprint density at radius 2 is 1.95 bits per heavy atom. The van der Waals surface area contributed by atoms with Gasteiger partial charge < -0.3 is 4.74 Å². The van der Waals surface area contributed by atoms with Gasteiger partial charge in [0.25, 0.3) is 0 Å². The summed E-state index contributed by atoms with van der Waals surface area (Å²) in [5.74, 6) is 0.443. The lowest BCUT2D eigenvalue weighted by atomic mass is 9.92. The molecule has 1 aromatic rings. The van der Waals surface area contributed by atoms with Gasteiger partial charge in [-0.15, -0.1) is 0 Å². The molecule has 114 valence electrons. The molecule has 0 aliphatic heterocycles. The molecule has 0 bridgehead atoms. The van der Waals surface area contributed by atoms with Gasteiger partial charge in [0.2, 0.25) is 0 Å². The molecule has 1 atom stereocenters. The lowest BCUT2D eigenvalue weighted by molar-refractivity contribution is -0.154. The topological polar surface area (TPSA) is 26.3 Å². The zero-order chi connectivity index (χ0) is 15.3. The number of esters is 1. The van der Waals surface area contributed by atoms with E-state index in [-0.39, 0.29) is 5.97 Å². The van der Waals surface area contributed by atoms with E-state index in [1.807, 2.05) is 26.8 Å². The van der Waals surface area contributed by atoms with Crippen molar-refractivity contribution in [3.63, 3.8) is 0 Å². The van der Waals surface area contributed by atoms with Crippen molar-refractivity contribution in [2.45, 2.75) is 58.5 Å². The molecule has 0 N–H and O–H groups in total. The minimum Gasteiger partial charge on any atom is -0.460 e. The minimum absolute atomic E-state index is 0.0969. The van der Waals surface area contributed by atoms with Crippen LogP contribution in [0.5, 0.6) is 0 Å². The zero-order valence-corrected chi connectivity index (χ0v) is 13.4. The smallest absolute Gasteiger partial charge is 0.310 e. The second-order valence-electron chi connectivity index (χ2n) is 6.84. The van der Waals surface area contributed by atoms with E-state index in [0.29, 0.717) is 12.3 Å². The van der Waals surface area contributed by atoms with E-state index in [1.165, 1.54) is 17.6 Å². The lowest BCUT2D eigenvalue weighted by Gasteiger charge is -2.21. The highest BCUT2D eigenvalue weighted by Crippen LogP contribution is 2.32. The number of ether oxygens (including phenoxy) is 1. The fourth-order valence-corrected chi connectivity index (χ4v) is 2.90. The van der Waals surface area contributed by atoms with Crippen LogP contribution in [0, 0.1) is 5.92 Å². The Labute approximate surface area is 128 Å². The largest absolute Gasteiger partial charge is 0.460 e. The van der Waals surface area contributed by atoms with Gasteiger partial charge in [-0.3, -0.25) is 4.79 Å². The van der Waals surface area contributed by atoms with Crippen molar-refractivity contribution in [3.8, 4) is 0 Å². The molecule has 1 aliphatic rings. The molecule has 0 radical (unpaired) electrons. The predicted molar refractivity (Wildman–Crippen MR) is 86.0 cm³/mol. The van der Waals surface area contributed by atoms with Gasteiger partial charge in [-0.05, 0) is 57.9 Å². The van der Waals surface area contributed by atoms with E-state index in [4.69, 9.17) is 4.74 Å². The summed E-state index contributed by atoms with van der Waals surface area (Å²) in [4.78, 5) is 12.0. The first-order valence-electron chi connectivity index (χ1n) is 7.89. The van der Waals surface area contributed by atoms with E-state index in [1.54, 1.807) is 0 Å². The maximum atomic E-state index is 12.0. The molecule has 0 saturated carbocycles. The van der Waals surface area contributed by atoms with Crippen LogP contribution in [0.25, 0.3) is 0 Å². The molecule has 2 rings (SSSR count). The number of benzene rings is 1. The summed E-state index contributed by atoms with van der Waals surface area (Å²) in [7, 11) is 0. The number of aryl methyl sites for hydroxylation is 1. The normalized spacial score (nSPS) is 18.4. The Kier molecular flexibility index (Phi) is 5.22. The van der Waals surface area contributed by atoms with Crippen molar-refractivity contribution in [2.75, 3.05) is 0 Å². The van der Waals surface area contributed by atoms with Crippen molar-refractivity contribution in [2.24, 2.45) is 5.92 Å². The Hall–Kier alpha value is -1.57. The van der Waals surface area contributed by atoms with E-state index in [0.717, 1.165) is 19.3 Å². The lowest BCUT2D eigenvalue weighted by Crippen LogP contribution is -2.24. The summed E-state index contributed by atoms with van der Waals surface area (Å²) in [6.45, 7) is 5.75. The molecule has 0 heterocycles. The fourth-order valence-electron chi connectivity index (χ4n) is 2.90. The average molecular weight is 286 g/mol. The quantitative estimate of drug-likeness (QED) is 0.580. The average Bonchev–Trinajstić information content (AvgIpc) is 2.82. The molecule has 1 aromatic carbocycles. The SMILES string of the molecule is CC(C)(C)OC(=O)CC1=CCCC1CCc1ccccc1. The number of allylic oxidation sites excluding steroid dienone is 1. The number of hydrogen-bond donors (Lipinski definition) is 0. The maximum absolute atomic E-state index is 12.0. The minimum atomic E-state index is -0.393. The summed E-state index contributed by atoms with van der Waals surface area (Å²) < 4.78 is 5.43. The molecule has 1 unspecified atom stereocenters. The third kappa shape index (κ3) is 5.37. The van der Waals surface area contributed by atoms with Crippen molar-refractivity contribution in [1.82, 2.24) is 0 Å².